The lowest BCUT2D eigenvalue weighted by molar-refractivity contribution is 0.0600. The highest BCUT2D eigenvalue weighted by Gasteiger charge is 2.13. The average Bonchev–Trinajstić information content (AvgIpc) is 3.09. The molecule has 0 atom stereocenters. The van der Waals surface area contributed by atoms with E-state index in [4.69, 9.17) is 4.74 Å². The molecule has 0 radical (unpaired) electrons. The molecule has 0 spiro atoms. The fraction of sp³-hybridized carbons (Fsp3) is 0.111. The molecule has 3 aromatic rings. The number of nitrogens with zero attached hydrogens (tertiary/aromatic N) is 4. The van der Waals surface area contributed by atoms with E-state index in [9.17, 15) is 10.1 Å². The van der Waals surface area contributed by atoms with Gasteiger partial charge in [-0.05, 0) is 23.8 Å². The molecule has 0 N–H and O–H groups in total. The van der Waals surface area contributed by atoms with Gasteiger partial charge in [0.05, 0.1) is 30.9 Å². The molecule has 6 heteroatoms. The van der Waals surface area contributed by atoms with Gasteiger partial charge in [-0.25, -0.2) is 9.78 Å². The third-order valence-electron chi connectivity index (χ3n) is 3.60. The number of esters is 1. The van der Waals surface area contributed by atoms with Crippen LogP contribution < -0.4 is 0 Å². The third-order valence-corrected chi connectivity index (χ3v) is 3.60. The first-order chi connectivity index (χ1) is 11.7. The van der Waals surface area contributed by atoms with Gasteiger partial charge in [-0.15, -0.1) is 0 Å². The number of pyridine rings is 1. The monoisotopic (exact) mass is 318 g/mol. The van der Waals surface area contributed by atoms with Crippen molar-refractivity contribution in [3.8, 4) is 17.6 Å². The Morgan fingerprint density at radius 2 is 2.08 bits per heavy atom. The normalized spacial score (nSPS) is 10.2. The highest BCUT2D eigenvalue weighted by Crippen LogP contribution is 2.19. The Kier molecular flexibility index (Phi) is 4.34. The van der Waals surface area contributed by atoms with Gasteiger partial charge in [0.25, 0.3) is 0 Å². The van der Waals surface area contributed by atoms with E-state index in [1.165, 1.54) is 7.11 Å². The molecule has 0 unspecified atom stereocenters. The molecule has 2 heterocycles. The van der Waals surface area contributed by atoms with Gasteiger partial charge >= 0.3 is 5.97 Å². The van der Waals surface area contributed by atoms with Crippen LogP contribution in [0.25, 0.3) is 11.5 Å². The molecule has 0 amide bonds. The van der Waals surface area contributed by atoms with Gasteiger partial charge in [-0.3, -0.25) is 4.98 Å². The maximum atomic E-state index is 11.7. The molecule has 118 valence electrons. The number of hydrogen-bond acceptors (Lipinski definition) is 5. The Labute approximate surface area is 139 Å². The lowest BCUT2D eigenvalue weighted by Gasteiger charge is -2.09. The van der Waals surface area contributed by atoms with E-state index in [1.54, 1.807) is 30.6 Å². The van der Waals surface area contributed by atoms with Crippen LogP contribution in [0.5, 0.6) is 0 Å². The fourth-order valence-electron chi connectivity index (χ4n) is 2.42. The number of nitriles is 1. The van der Waals surface area contributed by atoms with Gasteiger partial charge in [0.1, 0.15) is 5.69 Å². The number of carbonyl (C=O) groups excluding carboxylic acids is 1. The molecule has 0 aliphatic carbocycles. The van der Waals surface area contributed by atoms with E-state index in [1.807, 2.05) is 29.0 Å². The second kappa shape index (κ2) is 6.75. The molecule has 2 aromatic heterocycles. The second-order valence-corrected chi connectivity index (χ2v) is 5.07. The summed E-state index contributed by atoms with van der Waals surface area (Å²) in [6.45, 7) is 0.489. The molecule has 0 saturated carbocycles. The largest absolute Gasteiger partial charge is 0.465 e. The summed E-state index contributed by atoms with van der Waals surface area (Å²) >= 11 is 0. The lowest BCUT2D eigenvalue weighted by Crippen LogP contribution is -2.06. The van der Waals surface area contributed by atoms with Crippen LogP contribution in [0, 0.1) is 11.3 Å². The quantitative estimate of drug-likeness (QED) is 0.691. The lowest BCUT2D eigenvalue weighted by atomic mass is 10.1. The third kappa shape index (κ3) is 3.01. The molecule has 0 saturated heterocycles. The van der Waals surface area contributed by atoms with E-state index >= 15 is 0 Å². The van der Waals surface area contributed by atoms with Gasteiger partial charge in [0.15, 0.2) is 5.82 Å². The van der Waals surface area contributed by atoms with Crippen molar-refractivity contribution in [3.63, 3.8) is 0 Å². The molecule has 1 aromatic carbocycles. The highest BCUT2D eigenvalue weighted by molar-refractivity contribution is 5.90. The zero-order valence-corrected chi connectivity index (χ0v) is 13.0. The van der Waals surface area contributed by atoms with Crippen molar-refractivity contribution >= 4 is 5.97 Å². The van der Waals surface area contributed by atoms with Gasteiger partial charge in [0, 0.05) is 18.6 Å². The number of ether oxygens (including phenoxy) is 1. The number of imidazole rings is 1. The summed E-state index contributed by atoms with van der Waals surface area (Å²) in [5.74, 6) is 0.195. The molecule has 6 nitrogen and oxygen atoms in total. The van der Waals surface area contributed by atoms with Crippen LogP contribution in [0.15, 0.2) is 55.0 Å². The Morgan fingerprint density at radius 1 is 1.25 bits per heavy atom. The Balaban J connectivity index is 1.97. The van der Waals surface area contributed by atoms with E-state index < -0.39 is 5.97 Å². The molecule has 24 heavy (non-hydrogen) atoms. The zero-order chi connectivity index (χ0) is 16.9. The predicted molar refractivity (Wildman–Crippen MR) is 87.1 cm³/mol. The minimum atomic E-state index is -0.424. The molecule has 0 bridgehead atoms. The van der Waals surface area contributed by atoms with E-state index in [2.05, 4.69) is 16.0 Å². The number of hydrogen-bond donors (Lipinski definition) is 0. The van der Waals surface area contributed by atoms with Crippen molar-refractivity contribution in [1.82, 2.24) is 14.5 Å². The molecular weight excluding hydrogens is 304 g/mol. The highest BCUT2D eigenvalue weighted by atomic mass is 16.5. The Hall–Kier alpha value is -3.46. The van der Waals surface area contributed by atoms with Crippen LogP contribution in [0.1, 0.15) is 21.5 Å². The molecule has 0 fully saturated rings. The van der Waals surface area contributed by atoms with Crippen molar-refractivity contribution in [2.45, 2.75) is 6.54 Å². The van der Waals surface area contributed by atoms with Crippen molar-refractivity contribution in [1.29, 1.82) is 5.26 Å². The van der Waals surface area contributed by atoms with Crippen LogP contribution in [0.4, 0.5) is 0 Å². The van der Waals surface area contributed by atoms with Crippen molar-refractivity contribution < 1.29 is 9.53 Å². The maximum absolute atomic E-state index is 11.7. The van der Waals surface area contributed by atoms with Crippen molar-refractivity contribution in [2.24, 2.45) is 0 Å². The minimum absolute atomic E-state index is 0.412. The number of benzene rings is 1. The van der Waals surface area contributed by atoms with Crippen LogP contribution in [0.3, 0.4) is 0 Å². The summed E-state index contributed by atoms with van der Waals surface area (Å²) < 4.78 is 6.62. The van der Waals surface area contributed by atoms with Crippen LogP contribution in [-0.2, 0) is 11.3 Å². The van der Waals surface area contributed by atoms with E-state index in [0.717, 1.165) is 5.56 Å². The Morgan fingerprint density at radius 3 is 2.88 bits per heavy atom. The zero-order valence-electron chi connectivity index (χ0n) is 13.0. The van der Waals surface area contributed by atoms with Crippen LogP contribution in [-0.4, -0.2) is 27.6 Å². The Bertz CT molecular complexity index is 925. The summed E-state index contributed by atoms with van der Waals surface area (Å²) in [6.07, 6.45) is 5.02. The summed E-state index contributed by atoms with van der Waals surface area (Å²) in [6, 6.07) is 12.8. The van der Waals surface area contributed by atoms with Crippen molar-refractivity contribution in [2.75, 3.05) is 7.11 Å². The maximum Gasteiger partial charge on any atom is 0.337 e. The van der Waals surface area contributed by atoms with E-state index in [-0.39, 0.29) is 0 Å². The van der Waals surface area contributed by atoms with Gasteiger partial charge < -0.3 is 9.30 Å². The topological polar surface area (TPSA) is 80.8 Å². The number of carbonyl (C=O) groups is 1. The first-order valence-electron chi connectivity index (χ1n) is 7.27. The van der Waals surface area contributed by atoms with Gasteiger partial charge in [-0.1, -0.05) is 18.2 Å². The fourth-order valence-corrected chi connectivity index (χ4v) is 2.42. The molecule has 3 rings (SSSR count). The summed E-state index contributed by atoms with van der Waals surface area (Å²) in [5, 5.41) is 9.22. The van der Waals surface area contributed by atoms with E-state index in [0.29, 0.717) is 29.2 Å². The molecular formula is C18H14N4O2. The summed E-state index contributed by atoms with van der Waals surface area (Å²) in [4.78, 5) is 20.3. The number of methoxy groups -OCH3 is 1. The molecule has 0 aliphatic rings. The molecule has 0 aliphatic heterocycles. The minimum Gasteiger partial charge on any atom is -0.465 e. The van der Waals surface area contributed by atoms with Crippen molar-refractivity contribution in [3.05, 3.63) is 71.7 Å². The summed E-state index contributed by atoms with van der Waals surface area (Å²) in [7, 11) is 1.34. The van der Waals surface area contributed by atoms with Crippen LogP contribution >= 0.6 is 0 Å². The average molecular weight is 318 g/mol. The second-order valence-electron chi connectivity index (χ2n) is 5.07. The van der Waals surface area contributed by atoms with Gasteiger partial charge in [0.2, 0.25) is 0 Å². The first-order valence-corrected chi connectivity index (χ1v) is 7.27. The van der Waals surface area contributed by atoms with Gasteiger partial charge in [-0.2, -0.15) is 5.26 Å². The predicted octanol–water partition coefficient (Wildman–Crippen LogP) is 2.65. The number of rotatable bonds is 4. The van der Waals surface area contributed by atoms with Crippen LogP contribution in [0.2, 0.25) is 0 Å². The first kappa shape index (κ1) is 15.4. The smallest absolute Gasteiger partial charge is 0.337 e. The number of aromatic nitrogens is 3. The SMILES string of the molecule is COC(=O)c1ccnc(-c2nccn2Cc2ccccc2C#N)c1. The summed E-state index contributed by atoms with van der Waals surface area (Å²) in [5.41, 5.74) is 2.49. The standard InChI is InChI=1S/C18H14N4O2/c1-24-18(23)13-6-7-20-16(10-13)17-21-8-9-22(17)12-15-5-3-2-4-14(15)11-19/h2-10H,12H2,1H3.